The summed E-state index contributed by atoms with van der Waals surface area (Å²) in [5, 5.41) is 4.48. The highest BCUT2D eigenvalue weighted by Crippen LogP contribution is 2.24. The van der Waals surface area contributed by atoms with Crippen molar-refractivity contribution >= 4 is 5.97 Å². The summed E-state index contributed by atoms with van der Waals surface area (Å²) in [6.45, 7) is 3.25. The number of nitrogens with two attached hydrogens (primary N) is 1. The van der Waals surface area contributed by atoms with E-state index in [4.69, 9.17) is 10.5 Å². The molecule has 17 heavy (non-hydrogen) atoms. The number of nitrogens with zero attached hydrogens (tertiary/aromatic N) is 2. The molecule has 5 heteroatoms. The maximum atomic E-state index is 11.9. The van der Waals surface area contributed by atoms with Crippen LogP contribution in [-0.2, 0) is 24.1 Å². The van der Waals surface area contributed by atoms with Crippen molar-refractivity contribution in [3.63, 3.8) is 0 Å². The number of esters is 1. The standard InChI is InChI=1S/C12H19N3O2/c1-2-17-12(16)11-9-5-3-4-6-10(9)14-15(11)8-7-13/h2-8,13H2,1H3. The smallest absolute Gasteiger partial charge is 0.356 e. The molecule has 0 saturated heterocycles. The summed E-state index contributed by atoms with van der Waals surface area (Å²) in [6, 6.07) is 0. The van der Waals surface area contributed by atoms with Crippen molar-refractivity contribution in [2.24, 2.45) is 5.73 Å². The van der Waals surface area contributed by atoms with Crippen molar-refractivity contribution in [1.82, 2.24) is 9.78 Å². The van der Waals surface area contributed by atoms with Gasteiger partial charge in [-0.1, -0.05) is 0 Å². The van der Waals surface area contributed by atoms with Crippen LogP contribution in [0.1, 0.15) is 41.5 Å². The maximum Gasteiger partial charge on any atom is 0.356 e. The molecule has 2 N–H and O–H groups in total. The summed E-state index contributed by atoms with van der Waals surface area (Å²) in [4.78, 5) is 11.9. The Morgan fingerprint density at radius 3 is 2.94 bits per heavy atom. The van der Waals surface area contributed by atoms with Crippen LogP contribution in [0.5, 0.6) is 0 Å². The number of carbonyl (C=O) groups excluding carboxylic acids is 1. The lowest BCUT2D eigenvalue weighted by atomic mass is 9.96. The van der Waals surface area contributed by atoms with Crippen LogP contribution >= 0.6 is 0 Å². The zero-order chi connectivity index (χ0) is 12.3. The van der Waals surface area contributed by atoms with Gasteiger partial charge in [0.15, 0.2) is 0 Å². The lowest BCUT2D eigenvalue weighted by molar-refractivity contribution is 0.0510. The molecule has 5 nitrogen and oxygen atoms in total. The third-order valence-electron chi connectivity index (χ3n) is 3.03. The SMILES string of the molecule is CCOC(=O)c1c2c(nn1CCN)CCCC2. The Balaban J connectivity index is 2.38. The fourth-order valence-electron chi connectivity index (χ4n) is 2.32. The Bertz CT molecular complexity index is 412. The van der Waals surface area contributed by atoms with E-state index in [0.29, 0.717) is 25.4 Å². The number of rotatable bonds is 4. The molecule has 0 aromatic carbocycles. The summed E-state index contributed by atoms with van der Waals surface area (Å²) in [5.41, 5.74) is 8.29. The van der Waals surface area contributed by atoms with Gasteiger partial charge in [0, 0.05) is 12.1 Å². The first kappa shape index (κ1) is 12.1. The van der Waals surface area contributed by atoms with E-state index in [-0.39, 0.29) is 5.97 Å². The minimum Gasteiger partial charge on any atom is -0.461 e. The van der Waals surface area contributed by atoms with Gasteiger partial charge in [-0.3, -0.25) is 4.68 Å². The molecule has 0 aliphatic heterocycles. The number of carbonyl (C=O) groups is 1. The lowest BCUT2D eigenvalue weighted by Crippen LogP contribution is -2.19. The maximum absolute atomic E-state index is 11.9. The molecular formula is C12H19N3O2. The van der Waals surface area contributed by atoms with Crippen molar-refractivity contribution in [3.05, 3.63) is 17.0 Å². The number of aryl methyl sites for hydroxylation is 1. The Hall–Kier alpha value is -1.36. The number of hydrogen-bond acceptors (Lipinski definition) is 4. The summed E-state index contributed by atoms with van der Waals surface area (Å²) < 4.78 is 6.82. The summed E-state index contributed by atoms with van der Waals surface area (Å²) in [6.07, 6.45) is 4.15. The van der Waals surface area contributed by atoms with Crippen molar-refractivity contribution in [1.29, 1.82) is 0 Å². The molecule has 0 unspecified atom stereocenters. The summed E-state index contributed by atoms with van der Waals surface area (Å²) in [7, 11) is 0. The van der Waals surface area contributed by atoms with Gasteiger partial charge in [-0.2, -0.15) is 5.10 Å². The highest BCUT2D eigenvalue weighted by Gasteiger charge is 2.25. The highest BCUT2D eigenvalue weighted by atomic mass is 16.5. The van der Waals surface area contributed by atoms with Crippen LogP contribution in [0.3, 0.4) is 0 Å². The quantitative estimate of drug-likeness (QED) is 0.790. The largest absolute Gasteiger partial charge is 0.461 e. The Morgan fingerprint density at radius 1 is 1.47 bits per heavy atom. The van der Waals surface area contributed by atoms with Gasteiger partial charge in [0.25, 0.3) is 0 Å². The van der Waals surface area contributed by atoms with E-state index in [0.717, 1.165) is 36.9 Å². The third-order valence-corrected chi connectivity index (χ3v) is 3.03. The van der Waals surface area contributed by atoms with Gasteiger partial charge in [0.05, 0.1) is 18.8 Å². The van der Waals surface area contributed by atoms with Crippen LogP contribution in [0.4, 0.5) is 0 Å². The molecule has 94 valence electrons. The van der Waals surface area contributed by atoms with Gasteiger partial charge in [0.2, 0.25) is 0 Å². The van der Waals surface area contributed by atoms with E-state index in [1.807, 2.05) is 6.92 Å². The molecule has 1 aromatic rings. The Morgan fingerprint density at radius 2 is 2.24 bits per heavy atom. The van der Waals surface area contributed by atoms with Gasteiger partial charge in [0.1, 0.15) is 5.69 Å². The second-order valence-corrected chi connectivity index (χ2v) is 4.21. The minimum atomic E-state index is -0.267. The van der Waals surface area contributed by atoms with E-state index in [9.17, 15) is 4.79 Å². The number of hydrogen-bond donors (Lipinski definition) is 1. The van der Waals surface area contributed by atoms with Crippen LogP contribution in [-0.4, -0.2) is 28.9 Å². The second kappa shape index (κ2) is 5.31. The van der Waals surface area contributed by atoms with Crippen LogP contribution < -0.4 is 5.73 Å². The first-order valence-electron chi connectivity index (χ1n) is 6.23. The van der Waals surface area contributed by atoms with E-state index >= 15 is 0 Å². The van der Waals surface area contributed by atoms with E-state index in [1.165, 1.54) is 0 Å². The van der Waals surface area contributed by atoms with E-state index in [1.54, 1.807) is 4.68 Å². The highest BCUT2D eigenvalue weighted by molar-refractivity contribution is 5.89. The molecule has 0 saturated carbocycles. The van der Waals surface area contributed by atoms with Gasteiger partial charge in [-0.05, 0) is 32.6 Å². The first-order chi connectivity index (χ1) is 8.27. The molecule has 0 bridgehead atoms. The fourth-order valence-corrected chi connectivity index (χ4v) is 2.32. The molecule has 1 heterocycles. The molecule has 0 spiro atoms. The molecule has 0 fully saturated rings. The molecule has 0 atom stereocenters. The topological polar surface area (TPSA) is 70.1 Å². The number of aromatic nitrogens is 2. The van der Waals surface area contributed by atoms with Crippen LogP contribution in [0.2, 0.25) is 0 Å². The molecule has 1 aromatic heterocycles. The molecule has 2 rings (SSSR count). The molecule has 1 aliphatic carbocycles. The number of fused-ring (bicyclic) bond motifs is 1. The van der Waals surface area contributed by atoms with Crippen molar-refractivity contribution in [3.8, 4) is 0 Å². The van der Waals surface area contributed by atoms with E-state index in [2.05, 4.69) is 5.10 Å². The first-order valence-corrected chi connectivity index (χ1v) is 6.23. The van der Waals surface area contributed by atoms with Crippen LogP contribution in [0.25, 0.3) is 0 Å². The van der Waals surface area contributed by atoms with Crippen molar-refractivity contribution in [2.45, 2.75) is 39.2 Å². The fraction of sp³-hybridized carbons (Fsp3) is 0.667. The van der Waals surface area contributed by atoms with Gasteiger partial charge in [-0.25, -0.2) is 4.79 Å². The zero-order valence-electron chi connectivity index (χ0n) is 10.2. The van der Waals surface area contributed by atoms with Crippen LogP contribution in [0.15, 0.2) is 0 Å². The molecule has 0 amide bonds. The van der Waals surface area contributed by atoms with Gasteiger partial charge in [-0.15, -0.1) is 0 Å². The summed E-state index contributed by atoms with van der Waals surface area (Å²) >= 11 is 0. The zero-order valence-corrected chi connectivity index (χ0v) is 10.2. The molecule has 1 aliphatic rings. The van der Waals surface area contributed by atoms with Crippen LogP contribution in [0, 0.1) is 0 Å². The normalized spacial score (nSPS) is 14.5. The summed E-state index contributed by atoms with van der Waals surface area (Å²) in [5.74, 6) is -0.267. The van der Waals surface area contributed by atoms with E-state index < -0.39 is 0 Å². The Labute approximate surface area is 101 Å². The minimum absolute atomic E-state index is 0.267. The van der Waals surface area contributed by atoms with Gasteiger partial charge >= 0.3 is 5.97 Å². The Kier molecular flexibility index (Phi) is 3.78. The van der Waals surface area contributed by atoms with Gasteiger partial charge < -0.3 is 10.5 Å². The van der Waals surface area contributed by atoms with Crippen molar-refractivity contribution in [2.75, 3.05) is 13.2 Å². The third kappa shape index (κ3) is 2.34. The second-order valence-electron chi connectivity index (χ2n) is 4.21. The predicted octanol–water partition coefficient (Wildman–Crippen LogP) is 0.897. The molecule has 0 radical (unpaired) electrons. The molecular weight excluding hydrogens is 218 g/mol. The number of ether oxygens (including phenoxy) is 1. The monoisotopic (exact) mass is 237 g/mol. The predicted molar refractivity (Wildman–Crippen MR) is 63.9 cm³/mol. The average Bonchev–Trinajstić information content (AvgIpc) is 2.67. The lowest BCUT2D eigenvalue weighted by Gasteiger charge is -2.10. The van der Waals surface area contributed by atoms with Crippen molar-refractivity contribution < 1.29 is 9.53 Å². The average molecular weight is 237 g/mol.